The van der Waals surface area contributed by atoms with Gasteiger partial charge in [-0.1, -0.05) is 0 Å². The molecule has 3 N–H and O–H groups in total. The Hall–Kier alpha value is -0.870. The van der Waals surface area contributed by atoms with Crippen LogP contribution in [0, 0.1) is 12.7 Å². The number of hydrogen-bond donors (Lipinski definition) is 2. The predicted octanol–water partition coefficient (Wildman–Crippen LogP) is 2.84. The zero-order chi connectivity index (χ0) is 10.3. The molecule has 4 heteroatoms. The van der Waals surface area contributed by atoms with Gasteiger partial charge < -0.3 is 10.7 Å². The lowest BCUT2D eigenvalue weighted by Gasteiger charge is -1.98. The molecule has 1 aromatic carbocycles. The molecule has 0 atom stereocenters. The van der Waals surface area contributed by atoms with E-state index in [1.165, 1.54) is 12.1 Å². The Morgan fingerprint density at radius 2 is 2.21 bits per heavy atom. The Balaban J connectivity index is 2.88. The van der Waals surface area contributed by atoms with Crippen LogP contribution in [0.1, 0.15) is 11.3 Å². The number of nitrogens with one attached hydrogen (secondary N) is 1. The van der Waals surface area contributed by atoms with Crippen LogP contribution >= 0.6 is 15.9 Å². The van der Waals surface area contributed by atoms with E-state index in [1.807, 2.05) is 6.92 Å². The third kappa shape index (κ3) is 1.35. The van der Waals surface area contributed by atoms with Crippen molar-refractivity contribution in [2.75, 3.05) is 0 Å². The molecule has 0 spiro atoms. The van der Waals surface area contributed by atoms with E-state index in [4.69, 9.17) is 5.73 Å². The van der Waals surface area contributed by atoms with Gasteiger partial charge >= 0.3 is 0 Å². The molecule has 0 saturated carbocycles. The molecule has 0 aliphatic heterocycles. The first-order valence-electron chi connectivity index (χ1n) is 4.29. The van der Waals surface area contributed by atoms with E-state index in [0.29, 0.717) is 6.54 Å². The highest BCUT2D eigenvalue weighted by Crippen LogP contribution is 2.30. The van der Waals surface area contributed by atoms with Gasteiger partial charge in [0.25, 0.3) is 0 Å². The molecule has 0 fully saturated rings. The van der Waals surface area contributed by atoms with E-state index in [2.05, 4.69) is 20.9 Å². The summed E-state index contributed by atoms with van der Waals surface area (Å²) in [4.78, 5) is 3.11. The van der Waals surface area contributed by atoms with E-state index in [1.54, 1.807) is 0 Å². The monoisotopic (exact) mass is 256 g/mol. The summed E-state index contributed by atoms with van der Waals surface area (Å²) < 4.78 is 13.8. The molecule has 0 amide bonds. The SMILES string of the molecule is Cc1[nH]c2cc(F)cc(Br)c2c1CN. The van der Waals surface area contributed by atoms with Crippen molar-refractivity contribution in [2.45, 2.75) is 13.5 Å². The zero-order valence-corrected chi connectivity index (χ0v) is 9.28. The Kier molecular flexibility index (Phi) is 2.33. The summed E-state index contributed by atoms with van der Waals surface area (Å²) in [5.41, 5.74) is 8.45. The molecule has 0 saturated heterocycles. The highest BCUT2D eigenvalue weighted by molar-refractivity contribution is 9.10. The molecule has 1 heterocycles. The molecule has 2 aromatic rings. The molecule has 0 radical (unpaired) electrons. The van der Waals surface area contributed by atoms with E-state index < -0.39 is 0 Å². The summed E-state index contributed by atoms with van der Waals surface area (Å²) in [5.74, 6) is -0.255. The van der Waals surface area contributed by atoms with E-state index in [0.717, 1.165) is 26.6 Å². The second-order valence-electron chi connectivity index (χ2n) is 3.24. The number of benzene rings is 1. The van der Waals surface area contributed by atoms with Crippen LogP contribution in [0.5, 0.6) is 0 Å². The molecular formula is C10H10BrFN2. The minimum atomic E-state index is -0.255. The minimum absolute atomic E-state index is 0.255. The Labute approximate surface area is 89.4 Å². The first-order valence-corrected chi connectivity index (χ1v) is 5.09. The molecular weight excluding hydrogens is 247 g/mol. The van der Waals surface area contributed by atoms with Gasteiger partial charge in [-0.2, -0.15) is 0 Å². The van der Waals surface area contributed by atoms with Crippen molar-refractivity contribution >= 4 is 26.8 Å². The van der Waals surface area contributed by atoms with Crippen molar-refractivity contribution in [3.05, 3.63) is 33.7 Å². The summed E-state index contributed by atoms with van der Waals surface area (Å²) >= 11 is 3.34. The van der Waals surface area contributed by atoms with Crippen molar-refractivity contribution in [3.63, 3.8) is 0 Å². The second kappa shape index (κ2) is 3.37. The first kappa shape index (κ1) is 9.68. The van der Waals surface area contributed by atoms with Crippen LogP contribution in [0.2, 0.25) is 0 Å². The highest BCUT2D eigenvalue weighted by Gasteiger charge is 2.11. The Morgan fingerprint density at radius 3 is 2.86 bits per heavy atom. The van der Waals surface area contributed by atoms with Gasteiger partial charge in [-0.05, 0) is 40.5 Å². The number of aryl methyl sites for hydroxylation is 1. The lowest BCUT2D eigenvalue weighted by atomic mass is 10.1. The molecule has 74 valence electrons. The summed E-state index contributed by atoms with van der Waals surface area (Å²) in [5, 5.41) is 0.978. The van der Waals surface area contributed by atoms with Gasteiger partial charge in [0.1, 0.15) is 5.82 Å². The molecule has 2 rings (SSSR count). The summed E-state index contributed by atoms with van der Waals surface area (Å²) in [6.07, 6.45) is 0. The van der Waals surface area contributed by atoms with Gasteiger partial charge in [-0.25, -0.2) is 4.39 Å². The molecule has 14 heavy (non-hydrogen) atoms. The van der Waals surface area contributed by atoms with Crippen LogP contribution in [0.4, 0.5) is 4.39 Å². The lowest BCUT2D eigenvalue weighted by Crippen LogP contribution is -1.97. The first-order chi connectivity index (χ1) is 6.63. The predicted molar refractivity (Wildman–Crippen MR) is 58.6 cm³/mol. The summed E-state index contributed by atoms with van der Waals surface area (Å²) in [7, 11) is 0. The number of aromatic amines is 1. The average molecular weight is 257 g/mol. The van der Waals surface area contributed by atoms with Gasteiger partial charge in [0.2, 0.25) is 0 Å². The smallest absolute Gasteiger partial charge is 0.126 e. The normalized spacial score (nSPS) is 11.1. The maximum atomic E-state index is 13.1. The van der Waals surface area contributed by atoms with Gasteiger partial charge in [-0.15, -0.1) is 0 Å². The topological polar surface area (TPSA) is 41.8 Å². The fourth-order valence-corrected chi connectivity index (χ4v) is 2.37. The Bertz CT molecular complexity index is 490. The number of halogens is 2. The number of nitrogens with two attached hydrogens (primary N) is 1. The molecule has 0 aliphatic rings. The molecule has 1 aromatic heterocycles. The maximum absolute atomic E-state index is 13.1. The second-order valence-corrected chi connectivity index (χ2v) is 4.10. The molecule has 2 nitrogen and oxygen atoms in total. The third-order valence-corrected chi connectivity index (χ3v) is 2.96. The van der Waals surface area contributed by atoms with Gasteiger partial charge in [0.15, 0.2) is 0 Å². The van der Waals surface area contributed by atoms with Crippen LogP contribution in [-0.4, -0.2) is 4.98 Å². The molecule has 0 bridgehead atoms. The van der Waals surface area contributed by atoms with Crippen molar-refractivity contribution < 1.29 is 4.39 Å². The van der Waals surface area contributed by atoms with Crippen LogP contribution in [0.3, 0.4) is 0 Å². The number of rotatable bonds is 1. The molecule has 0 unspecified atom stereocenters. The fourth-order valence-electron chi connectivity index (χ4n) is 1.70. The number of aromatic nitrogens is 1. The van der Waals surface area contributed by atoms with Crippen LogP contribution in [0.15, 0.2) is 16.6 Å². The van der Waals surface area contributed by atoms with Gasteiger partial charge in [-0.3, -0.25) is 0 Å². The van der Waals surface area contributed by atoms with Gasteiger partial charge in [0, 0.05) is 27.6 Å². The number of hydrogen-bond acceptors (Lipinski definition) is 1. The Morgan fingerprint density at radius 1 is 1.50 bits per heavy atom. The number of H-pyrrole nitrogens is 1. The fraction of sp³-hybridized carbons (Fsp3) is 0.200. The van der Waals surface area contributed by atoms with Crippen LogP contribution in [0.25, 0.3) is 10.9 Å². The third-order valence-electron chi connectivity index (χ3n) is 2.34. The van der Waals surface area contributed by atoms with E-state index in [-0.39, 0.29) is 5.82 Å². The number of fused-ring (bicyclic) bond motifs is 1. The molecule has 0 aliphatic carbocycles. The van der Waals surface area contributed by atoms with Crippen molar-refractivity contribution in [1.82, 2.24) is 4.98 Å². The quantitative estimate of drug-likeness (QED) is 0.810. The largest absolute Gasteiger partial charge is 0.358 e. The lowest BCUT2D eigenvalue weighted by molar-refractivity contribution is 0.628. The van der Waals surface area contributed by atoms with Crippen LogP contribution < -0.4 is 5.73 Å². The van der Waals surface area contributed by atoms with E-state index in [9.17, 15) is 4.39 Å². The van der Waals surface area contributed by atoms with Gasteiger partial charge in [0.05, 0.1) is 0 Å². The standard InChI is InChI=1S/C10H10BrFN2/c1-5-7(4-13)10-8(11)2-6(12)3-9(10)14-5/h2-3,14H,4,13H2,1H3. The van der Waals surface area contributed by atoms with Crippen molar-refractivity contribution in [2.24, 2.45) is 5.73 Å². The summed E-state index contributed by atoms with van der Waals surface area (Å²) in [6.45, 7) is 2.39. The van der Waals surface area contributed by atoms with Crippen molar-refractivity contribution in [3.8, 4) is 0 Å². The highest BCUT2D eigenvalue weighted by atomic mass is 79.9. The maximum Gasteiger partial charge on any atom is 0.126 e. The summed E-state index contributed by atoms with van der Waals surface area (Å²) in [6, 6.07) is 2.93. The van der Waals surface area contributed by atoms with Crippen molar-refractivity contribution in [1.29, 1.82) is 0 Å². The minimum Gasteiger partial charge on any atom is -0.358 e. The van der Waals surface area contributed by atoms with E-state index >= 15 is 0 Å². The average Bonchev–Trinajstić information content (AvgIpc) is 2.40. The zero-order valence-electron chi connectivity index (χ0n) is 7.70. The van der Waals surface area contributed by atoms with Crippen LogP contribution in [-0.2, 0) is 6.54 Å².